The van der Waals surface area contributed by atoms with Crippen molar-refractivity contribution in [1.29, 1.82) is 0 Å². The summed E-state index contributed by atoms with van der Waals surface area (Å²) in [6, 6.07) is 10.8. The van der Waals surface area contributed by atoms with Gasteiger partial charge < -0.3 is 25.8 Å². The maximum atomic E-state index is 16.2. The number of hydrogen-bond acceptors (Lipinski definition) is 5. The van der Waals surface area contributed by atoms with Crippen molar-refractivity contribution in [2.75, 3.05) is 19.0 Å². The van der Waals surface area contributed by atoms with Gasteiger partial charge in [-0.1, -0.05) is 75.2 Å². The number of methoxy groups -OCH3 is 1. The van der Waals surface area contributed by atoms with Gasteiger partial charge in [0.25, 0.3) is 0 Å². The molecule has 0 unspecified atom stereocenters. The Morgan fingerprint density at radius 2 is 1.76 bits per heavy atom. The predicted molar refractivity (Wildman–Crippen MR) is 174 cm³/mol. The lowest BCUT2D eigenvalue weighted by Gasteiger charge is -2.43. The van der Waals surface area contributed by atoms with E-state index < -0.39 is 52.3 Å². The van der Waals surface area contributed by atoms with Crippen molar-refractivity contribution in [3.05, 3.63) is 93.0 Å². The first-order valence-electron chi connectivity index (χ1n) is 14.8. The quantitative estimate of drug-likeness (QED) is 0.185. The van der Waals surface area contributed by atoms with E-state index in [4.69, 9.17) is 27.9 Å². The molecule has 46 heavy (non-hydrogen) atoms. The number of amides is 2. The molecular weight excluding hydrogens is 639 g/mol. The summed E-state index contributed by atoms with van der Waals surface area (Å²) in [4.78, 5) is 39.3. The van der Waals surface area contributed by atoms with E-state index in [2.05, 4.69) is 16.0 Å². The number of halogens is 4. The fourth-order valence-corrected chi connectivity index (χ4v) is 6.74. The van der Waals surface area contributed by atoms with Crippen LogP contribution in [0, 0.1) is 17.0 Å². The maximum absolute atomic E-state index is 16.2. The Bertz CT molecular complexity index is 1650. The molecule has 8 nitrogen and oxygen atoms in total. The normalized spacial score (nSPS) is 21.1. The molecule has 0 spiro atoms. The molecule has 1 aliphatic rings. The van der Waals surface area contributed by atoms with Gasteiger partial charge >= 0.3 is 5.97 Å². The highest BCUT2D eigenvalue weighted by Gasteiger charge is 2.60. The fourth-order valence-electron chi connectivity index (χ4n) is 6.40. The molecule has 0 aliphatic carbocycles. The van der Waals surface area contributed by atoms with Gasteiger partial charge in [0.2, 0.25) is 11.8 Å². The fraction of sp³-hybridized carbons (Fsp3) is 0.382. The minimum Gasteiger partial charge on any atom is -0.495 e. The lowest BCUT2D eigenvalue weighted by molar-refractivity contribution is -0.121. The van der Waals surface area contributed by atoms with Crippen molar-refractivity contribution >= 4 is 46.7 Å². The monoisotopic (exact) mass is 675 g/mol. The Balaban J connectivity index is 2.04. The van der Waals surface area contributed by atoms with Crippen LogP contribution in [-0.4, -0.2) is 48.6 Å². The summed E-state index contributed by atoms with van der Waals surface area (Å²) in [5, 5.41) is 18.7. The predicted octanol–water partition coefficient (Wildman–Crippen LogP) is 6.94. The average Bonchev–Trinajstić information content (AvgIpc) is 3.29. The van der Waals surface area contributed by atoms with E-state index in [1.165, 1.54) is 55.6 Å². The van der Waals surface area contributed by atoms with Crippen molar-refractivity contribution in [2.24, 2.45) is 5.41 Å². The molecule has 12 heteroatoms. The molecule has 1 fully saturated rings. The molecule has 1 heterocycles. The molecule has 0 radical (unpaired) electrons. The number of benzene rings is 3. The molecule has 3 aromatic carbocycles. The van der Waals surface area contributed by atoms with Crippen LogP contribution in [0.2, 0.25) is 10.0 Å². The zero-order valence-electron chi connectivity index (χ0n) is 26.1. The van der Waals surface area contributed by atoms with E-state index in [-0.39, 0.29) is 57.0 Å². The van der Waals surface area contributed by atoms with Crippen LogP contribution in [0.5, 0.6) is 5.75 Å². The Morgan fingerprint density at radius 3 is 2.37 bits per heavy atom. The molecule has 0 aromatic heterocycles. The number of rotatable bonds is 10. The first kappa shape index (κ1) is 35.1. The lowest BCUT2D eigenvalue weighted by atomic mass is 9.61. The second kappa shape index (κ2) is 13.9. The molecule has 4 rings (SSSR count). The number of hydrogen-bond donors (Lipinski definition) is 4. The van der Waals surface area contributed by atoms with Gasteiger partial charge in [0.05, 0.1) is 29.4 Å². The molecule has 0 saturated carbocycles. The maximum Gasteiger partial charge on any atom is 0.337 e. The number of anilines is 1. The minimum atomic E-state index is -1.48. The molecule has 3 aromatic rings. The number of carbonyl (C=O) groups is 3. The number of carboxylic acid groups (broad SMARTS) is 1. The van der Waals surface area contributed by atoms with Crippen molar-refractivity contribution in [1.82, 2.24) is 10.6 Å². The van der Waals surface area contributed by atoms with Crippen LogP contribution in [0.1, 0.15) is 67.9 Å². The zero-order valence-corrected chi connectivity index (χ0v) is 27.7. The number of aromatic carboxylic acids is 1. The number of para-hydroxylation sites is 1. The highest BCUT2D eigenvalue weighted by Crippen LogP contribution is 2.53. The van der Waals surface area contributed by atoms with E-state index in [1.54, 1.807) is 6.92 Å². The van der Waals surface area contributed by atoms with Crippen molar-refractivity contribution in [2.45, 2.75) is 64.0 Å². The highest BCUT2D eigenvalue weighted by molar-refractivity contribution is 6.31. The Kier molecular flexibility index (Phi) is 10.7. The number of carbonyl (C=O) groups excluding carboxylic acids is 2. The Hall–Kier alpha value is -3.73. The molecule has 1 aliphatic heterocycles. The van der Waals surface area contributed by atoms with Crippen LogP contribution in [0.25, 0.3) is 0 Å². The lowest BCUT2D eigenvalue weighted by Crippen LogP contribution is -2.52. The third-order valence-corrected chi connectivity index (χ3v) is 8.89. The Morgan fingerprint density at radius 1 is 1.07 bits per heavy atom. The standard InChI is InChI=1S/C34H37Cl2F2N3O5/c1-6-26(42)39-17-34(21-14-13-18(35)15-23(21)37)25(16-33(2,3)4)40-30(27(34)19-9-7-11-22(36)28(19)38)31(43)41-29-20(32(44)45)10-8-12-24(29)46-5/h7-15,25,27,30,40H,6,16-17H2,1-5H3,(H,39,42)(H,41,43)(H,44,45)/t25-,27-,30+,34-/m0/s1. The van der Waals surface area contributed by atoms with E-state index in [0.29, 0.717) is 6.42 Å². The van der Waals surface area contributed by atoms with Crippen LogP contribution in [0.15, 0.2) is 54.6 Å². The molecule has 246 valence electrons. The topological polar surface area (TPSA) is 117 Å². The van der Waals surface area contributed by atoms with E-state index >= 15 is 8.78 Å². The van der Waals surface area contributed by atoms with E-state index in [9.17, 15) is 19.5 Å². The first-order chi connectivity index (χ1) is 21.6. The summed E-state index contributed by atoms with van der Waals surface area (Å²) in [6.07, 6.45) is 0.483. The smallest absolute Gasteiger partial charge is 0.337 e. The molecular formula is C34H37Cl2F2N3O5. The van der Waals surface area contributed by atoms with Crippen LogP contribution in [0.3, 0.4) is 0 Å². The van der Waals surface area contributed by atoms with Crippen molar-refractivity contribution in [3.63, 3.8) is 0 Å². The van der Waals surface area contributed by atoms with E-state index in [0.717, 1.165) is 6.07 Å². The van der Waals surface area contributed by atoms with Gasteiger partial charge in [-0.25, -0.2) is 13.6 Å². The largest absolute Gasteiger partial charge is 0.495 e. The van der Waals surface area contributed by atoms with Gasteiger partial charge in [-0.05, 0) is 53.3 Å². The minimum absolute atomic E-state index is 0.00939. The summed E-state index contributed by atoms with van der Waals surface area (Å²) in [6.45, 7) is 7.40. The highest BCUT2D eigenvalue weighted by atomic mass is 35.5. The molecule has 4 atom stereocenters. The summed E-state index contributed by atoms with van der Waals surface area (Å²) < 4.78 is 37.7. The summed E-state index contributed by atoms with van der Waals surface area (Å²) >= 11 is 12.5. The second-order valence-electron chi connectivity index (χ2n) is 12.6. The van der Waals surface area contributed by atoms with Crippen LogP contribution in [0.4, 0.5) is 14.5 Å². The van der Waals surface area contributed by atoms with Gasteiger partial charge in [-0.3, -0.25) is 9.59 Å². The summed E-state index contributed by atoms with van der Waals surface area (Å²) in [7, 11) is 1.33. The van der Waals surface area contributed by atoms with Gasteiger partial charge in [0.15, 0.2) is 0 Å². The Labute approximate surface area is 276 Å². The SMILES string of the molecule is CCC(=O)NC[C@]1(c2ccc(Cl)cc2F)[C@H](CC(C)(C)C)N[C@@H](C(=O)Nc2c(OC)cccc2C(=O)O)[C@@H]1c1cccc(Cl)c1F. The van der Waals surface area contributed by atoms with Crippen LogP contribution in [-0.2, 0) is 15.0 Å². The third kappa shape index (κ3) is 6.99. The van der Waals surface area contributed by atoms with Crippen molar-refractivity contribution < 1.29 is 33.0 Å². The number of carboxylic acids is 1. The van der Waals surface area contributed by atoms with Crippen LogP contribution >= 0.6 is 23.2 Å². The van der Waals surface area contributed by atoms with Gasteiger partial charge in [-0.2, -0.15) is 0 Å². The molecule has 2 amide bonds. The van der Waals surface area contributed by atoms with Gasteiger partial charge in [-0.15, -0.1) is 0 Å². The van der Waals surface area contributed by atoms with Crippen LogP contribution < -0.4 is 20.7 Å². The van der Waals surface area contributed by atoms with Gasteiger partial charge in [0, 0.05) is 35.4 Å². The average molecular weight is 677 g/mol. The number of ether oxygens (including phenoxy) is 1. The molecule has 1 saturated heterocycles. The number of nitrogens with one attached hydrogen (secondary N) is 3. The summed E-state index contributed by atoms with van der Waals surface area (Å²) in [5.74, 6) is -4.96. The van der Waals surface area contributed by atoms with Gasteiger partial charge in [0.1, 0.15) is 17.4 Å². The molecule has 4 N–H and O–H groups in total. The first-order valence-corrected chi connectivity index (χ1v) is 15.5. The zero-order chi connectivity index (χ0) is 34.0. The molecule has 0 bridgehead atoms. The summed E-state index contributed by atoms with van der Waals surface area (Å²) in [5.41, 5.74) is -2.09. The second-order valence-corrected chi connectivity index (χ2v) is 13.4. The third-order valence-electron chi connectivity index (χ3n) is 8.36. The van der Waals surface area contributed by atoms with Crippen molar-refractivity contribution in [3.8, 4) is 5.75 Å². The van der Waals surface area contributed by atoms with E-state index in [1.807, 2.05) is 20.8 Å².